The standard InChI is InChI=1S/C24H23ClFN5O4/c1-30-12-15(10-29-30)18-11-27-21(23(32)28-9-14-2-3-19(25)20(26)6-14)8-22(18)35-17-4-5-31-16(7-17)13-34-24(31)33/h2-3,6,8,10-12,16-17H,4-5,7,9,13H2,1H3,(H,28,32)/t16-,17-/m0/s1. The molecule has 1 aromatic carbocycles. The minimum Gasteiger partial charge on any atom is -0.489 e. The number of hydrogen-bond acceptors (Lipinski definition) is 6. The second kappa shape index (κ2) is 9.53. The number of piperidine rings is 1. The fourth-order valence-corrected chi connectivity index (χ4v) is 4.43. The summed E-state index contributed by atoms with van der Waals surface area (Å²) in [7, 11) is 1.81. The molecule has 9 nitrogen and oxygen atoms in total. The maximum atomic E-state index is 13.7. The smallest absolute Gasteiger partial charge is 0.410 e. The van der Waals surface area contributed by atoms with Crippen molar-refractivity contribution in [3.05, 3.63) is 65.0 Å². The van der Waals surface area contributed by atoms with Gasteiger partial charge in [0.15, 0.2) is 0 Å². The van der Waals surface area contributed by atoms with Gasteiger partial charge in [-0.15, -0.1) is 0 Å². The molecular formula is C24H23ClFN5O4. The van der Waals surface area contributed by atoms with Crippen molar-refractivity contribution in [3.8, 4) is 16.9 Å². The van der Waals surface area contributed by atoms with Gasteiger partial charge in [-0.05, 0) is 17.7 Å². The summed E-state index contributed by atoms with van der Waals surface area (Å²) in [6.07, 6.45) is 5.95. The molecule has 182 valence electrons. The second-order valence-electron chi connectivity index (χ2n) is 8.59. The van der Waals surface area contributed by atoms with Gasteiger partial charge in [-0.3, -0.25) is 14.5 Å². The lowest BCUT2D eigenvalue weighted by Crippen LogP contribution is -2.44. The van der Waals surface area contributed by atoms with E-state index in [1.165, 1.54) is 12.1 Å². The highest BCUT2D eigenvalue weighted by atomic mass is 35.5. The average molecular weight is 500 g/mol. The summed E-state index contributed by atoms with van der Waals surface area (Å²) in [6.45, 7) is 1.01. The molecule has 11 heteroatoms. The summed E-state index contributed by atoms with van der Waals surface area (Å²) in [5.74, 6) is -0.472. The van der Waals surface area contributed by atoms with Crippen molar-refractivity contribution in [2.45, 2.75) is 31.5 Å². The topological polar surface area (TPSA) is 98.6 Å². The lowest BCUT2D eigenvalue weighted by Gasteiger charge is -2.32. The van der Waals surface area contributed by atoms with Crippen LogP contribution in [0, 0.1) is 5.82 Å². The Labute approximate surface area is 205 Å². The van der Waals surface area contributed by atoms with Crippen LogP contribution >= 0.6 is 11.6 Å². The van der Waals surface area contributed by atoms with E-state index < -0.39 is 11.7 Å². The molecule has 1 N–H and O–H groups in total. The van der Waals surface area contributed by atoms with Crippen LogP contribution in [0.15, 0.2) is 42.9 Å². The summed E-state index contributed by atoms with van der Waals surface area (Å²) in [4.78, 5) is 30.7. The first kappa shape index (κ1) is 23.1. The fraction of sp³-hybridized carbons (Fsp3) is 0.333. The third-order valence-electron chi connectivity index (χ3n) is 6.15. The van der Waals surface area contributed by atoms with Crippen LogP contribution in [0.2, 0.25) is 5.02 Å². The van der Waals surface area contributed by atoms with Gasteiger partial charge in [-0.2, -0.15) is 5.10 Å². The lowest BCUT2D eigenvalue weighted by atomic mass is 10.0. The number of aromatic nitrogens is 3. The van der Waals surface area contributed by atoms with Gasteiger partial charge in [0.25, 0.3) is 5.91 Å². The van der Waals surface area contributed by atoms with Gasteiger partial charge in [0.05, 0.1) is 17.3 Å². The van der Waals surface area contributed by atoms with E-state index >= 15 is 0 Å². The zero-order chi connectivity index (χ0) is 24.5. The van der Waals surface area contributed by atoms with Crippen LogP contribution in [0.1, 0.15) is 28.9 Å². The minimum atomic E-state index is -0.548. The normalized spacial score (nSPS) is 19.3. The molecular weight excluding hydrogens is 477 g/mol. The number of cyclic esters (lactones) is 1. The van der Waals surface area contributed by atoms with Gasteiger partial charge < -0.3 is 19.7 Å². The van der Waals surface area contributed by atoms with Crippen LogP contribution in [0.5, 0.6) is 5.75 Å². The second-order valence-corrected chi connectivity index (χ2v) is 9.00. The number of hydrogen-bond donors (Lipinski definition) is 1. The summed E-state index contributed by atoms with van der Waals surface area (Å²) in [6, 6.07) is 5.94. The number of halogens is 2. The Balaban J connectivity index is 1.35. The zero-order valence-corrected chi connectivity index (χ0v) is 19.7. The maximum absolute atomic E-state index is 13.7. The summed E-state index contributed by atoms with van der Waals surface area (Å²) in [5, 5.41) is 6.99. The largest absolute Gasteiger partial charge is 0.489 e. The van der Waals surface area contributed by atoms with Crippen LogP contribution < -0.4 is 10.1 Å². The molecule has 0 spiro atoms. The molecule has 2 atom stereocenters. The molecule has 0 unspecified atom stereocenters. The van der Waals surface area contributed by atoms with E-state index in [9.17, 15) is 14.0 Å². The lowest BCUT2D eigenvalue weighted by molar-refractivity contribution is 0.0915. The Kier molecular flexibility index (Phi) is 6.29. The van der Waals surface area contributed by atoms with Gasteiger partial charge in [0.1, 0.15) is 30.0 Å². The summed E-state index contributed by atoms with van der Waals surface area (Å²) in [5.41, 5.74) is 2.24. The van der Waals surface area contributed by atoms with Crippen LogP contribution in [0.4, 0.5) is 9.18 Å². The summed E-state index contributed by atoms with van der Waals surface area (Å²) >= 11 is 5.72. The van der Waals surface area contributed by atoms with Gasteiger partial charge >= 0.3 is 6.09 Å². The first-order chi connectivity index (χ1) is 16.9. The number of amides is 2. The number of nitrogens with zero attached hydrogens (tertiary/aromatic N) is 4. The Morgan fingerprint density at radius 1 is 1.34 bits per heavy atom. The number of carbonyl (C=O) groups excluding carboxylic acids is 2. The molecule has 5 rings (SSSR count). The van der Waals surface area contributed by atoms with Gasteiger partial charge in [-0.25, -0.2) is 9.18 Å². The van der Waals surface area contributed by atoms with E-state index in [0.717, 1.165) is 5.56 Å². The number of fused-ring (bicyclic) bond motifs is 1. The van der Waals surface area contributed by atoms with Crippen LogP contribution in [0.25, 0.3) is 11.1 Å². The molecule has 3 aromatic rings. The number of rotatable bonds is 6. The first-order valence-electron chi connectivity index (χ1n) is 11.2. The SMILES string of the molecule is Cn1cc(-c2cnc(C(=O)NCc3ccc(Cl)c(F)c3)cc2O[C@H]2CCN3C(=O)OC[C@@H]3C2)cn1. The molecule has 0 bridgehead atoms. The number of carbonyl (C=O) groups is 2. The third kappa shape index (κ3) is 4.93. The number of nitrogens with one attached hydrogen (secondary N) is 1. The van der Waals surface area contributed by atoms with Crippen LogP contribution in [-0.2, 0) is 18.3 Å². The molecule has 0 saturated carbocycles. The van der Waals surface area contributed by atoms with E-state index in [0.29, 0.717) is 42.9 Å². The predicted octanol–water partition coefficient (Wildman–Crippen LogP) is 3.57. The van der Waals surface area contributed by atoms with E-state index in [1.807, 2.05) is 13.2 Å². The zero-order valence-electron chi connectivity index (χ0n) is 18.9. The molecule has 2 aliphatic rings. The molecule has 35 heavy (non-hydrogen) atoms. The molecule has 2 amide bonds. The minimum absolute atomic E-state index is 0.0209. The highest BCUT2D eigenvalue weighted by Crippen LogP contribution is 2.33. The Morgan fingerprint density at radius 3 is 2.97 bits per heavy atom. The monoisotopic (exact) mass is 499 g/mol. The summed E-state index contributed by atoms with van der Waals surface area (Å²) < 4.78 is 26.9. The van der Waals surface area contributed by atoms with Crippen molar-refractivity contribution in [1.82, 2.24) is 25.0 Å². The van der Waals surface area contributed by atoms with Crippen molar-refractivity contribution in [1.29, 1.82) is 0 Å². The van der Waals surface area contributed by atoms with Crippen molar-refractivity contribution in [3.63, 3.8) is 0 Å². The maximum Gasteiger partial charge on any atom is 0.410 e. The molecule has 2 aromatic heterocycles. The van der Waals surface area contributed by atoms with Crippen molar-refractivity contribution >= 4 is 23.6 Å². The van der Waals surface area contributed by atoms with E-state index in [2.05, 4.69) is 15.4 Å². The van der Waals surface area contributed by atoms with E-state index in [4.69, 9.17) is 21.1 Å². The highest BCUT2D eigenvalue weighted by Gasteiger charge is 2.39. The Bertz CT molecular complexity index is 1280. The van der Waals surface area contributed by atoms with E-state index in [1.54, 1.807) is 34.1 Å². The van der Waals surface area contributed by atoms with Crippen LogP contribution in [0.3, 0.4) is 0 Å². The van der Waals surface area contributed by atoms with Gasteiger partial charge in [-0.1, -0.05) is 17.7 Å². The Morgan fingerprint density at radius 2 is 2.20 bits per heavy atom. The van der Waals surface area contributed by atoms with Gasteiger partial charge in [0.2, 0.25) is 0 Å². The number of aryl methyl sites for hydroxylation is 1. The molecule has 2 saturated heterocycles. The average Bonchev–Trinajstić information content (AvgIpc) is 3.44. The van der Waals surface area contributed by atoms with Crippen LogP contribution in [-0.4, -0.2) is 57.0 Å². The molecule has 2 fully saturated rings. The highest BCUT2D eigenvalue weighted by molar-refractivity contribution is 6.30. The van der Waals surface area contributed by atoms with Crippen molar-refractivity contribution < 1.29 is 23.5 Å². The quantitative estimate of drug-likeness (QED) is 0.557. The van der Waals surface area contributed by atoms with Gasteiger partial charge in [0, 0.05) is 62.6 Å². The molecule has 0 radical (unpaired) electrons. The third-order valence-corrected chi connectivity index (χ3v) is 6.45. The molecule has 0 aliphatic carbocycles. The molecule has 4 heterocycles. The number of ether oxygens (including phenoxy) is 2. The fourth-order valence-electron chi connectivity index (χ4n) is 4.31. The van der Waals surface area contributed by atoms with Crippen molar-refractivity contribution in [2.75, 3.05) is 13.2 Å². The number of benzene rings is 1. The van der Waals surface area contributed by atoms with E-state index in [-0.39, 0.29) is 35.5 Å². The Hall–Kier alpha value is -3.66. The number of pyridine rings is 1. The van der Waals surface area contributed by atoms with Crippen molar-refractivity contribution in [2.24, 2.45) is 7.05 Å². The predicted molar refractivity (Wildman–Crippen MR) is 125 cm³/mol. The first-order valence-corrected chi connectivity index (χ1v) is 11.6. The molecule has 2 aliphatic heterocycles.